The highest BCUT2D eigenvalue weighted by Gasteiger charge is 2.27. The molecule has 1 amide bonds. The maximum absolute atomic E-state index is 12.6. The Morgan fingerprint density at radius 3 is 2.53 bits per heavy atom. The molecule has 0 spiro atoms. The molecule has 2 aliphatic rings. The summed E-state index contributed by atoms with van der Waals surface area (Å²) in [6, 6.07) is 8.09. The van der Waals surface area contributed by atoms with E-state index in [2.05, 4.69) is 37.2 Å². The lowest BCUT2D eigenvalue weighted by molar-refractivity contribution is -0.125. The van der Waals surface area contributed by atoms with Gasteiger partial charge in [0.25, 0.3) is 0 Å². The third-order valence-corrected chi connectivity index (χ3v) is 6.45. The fraction of sp³-hybridized carbons (Fsp3) is 0.609. The van der Waals surface area contributed by atoms with Crippen molar-refractivity contribution in [2.24, 2.45) is 5.92 Å². The van der Waals surface area contributed by atoms with Crippen molar-refractivity contribution >= 4 is 11.9 Å². The minimum Gasteiger partial charge on any atom is -0.497 e. The molecule has 0 aliphatic carbocycles. The minimum absolute atomic E-state index is 0.0545. The van der Waals surface area contributed by atoms with E-state index >= 15 is 0 Å². The molecule has 4 rings (SSSR count). The van der Waals surface area contributed by atoms with Crippen LogP contribution in [-0.2, 0) is 4.79 Å². The van der Waals surface area contributed by atoms with Gasteiger partial charge in [0.05, 0.1) is 7.11 Å². The maximum atomic E-state index is 12.6. The van der Waals surface area contributed by atoms with Gasteiger partial charge in [0.15, 0.2) is 0 Å². The zero-order valence-electron chi connectivity index (χ0n) is 19.1. The third kappa shape index (κ3) is 5.77. The summed E-state index contributed by atoms with van der Waals surface area (Å²) in [4.78, 5) is 24.0. The molecule has 0 bridgehead atoms. The lowest BCUT2D eigenvalue weighted by Crippen LogP contribution is -2.45. The second-order valence-electron chi connectivity index (χ2n) is 8.68. The van der Waals surface area contributed by atoms with Crippen molar-refractivity contribution in [3.63, 3.8) is 0 Å². The third-order valence-electron chi connectivity index (χ3n) is 6.45. The van der Waals surface area contributed by atoms with Gasteiger partial charge in [-0.3, -0.25) is 4.79 Å². The SMILES string of the molecule is COc1ccc(-c2noc(N3CCC(C(=O)NCCCN4CCN(C)CC4)CC3)n2)cc1. The molecule has 2 saturated heterocycles. The number of hydrogen-bond donors (Lipinski definition) is 1. The van der Waals surface area contributed by atoms with Crippen LogP contribution in [0.25, 0.3) is 11.4 Å². The number of rotatable bonds is 8. The van der Waals surface area contributed by atoms with Crippen LogP contribution in [0.1, 0.15) is 19.3 Å². The predicted molar refractivity (Wildman–Crippen MR) is 123 cm³/mol. The van der Waals surface area contributed by atoms with Gasteiger partial charge in [0.1, 0.15) is 5.75 Å². The molecule has 3 heterocycles. The molecule has 2 aromatic rings. The van der Waals surface area contributed by atoms with Gasteiger partial charge >= 0.3 is 6.01 Å². The summed E-state index contributed by atoms with van der Waals surface area (Å²) in [6.07, 6.45) is 2.60. The first-order valence-electron chi connectivity index (χ1n) is 11.5. The number of amides is 1. The first kappa shape index (κ1) is 22.5. The molecule has 0 saturated carbocycles. The molecule has 32 heavy (non-hydrogen) atoms. The lowest BCUT2D eigenvalue weighted by Gasteiger charge is -2.32. The van der Waals surface area contributed by atoms with Crippen molar-refractivity contribution < 1.29 is 14.1 Å². The van der Waals surface area contributed by atoms with E-state index < -0.39 is 0 Å². The minimum atomic E-state index is 0.0545. The van der Waals surface area contributed by atoms with Crippen LogP contribution in [0.15, 0.2) is 28.8 Å². The summed E-state index contributed by atoms with van der Waals surface area (Å²) < 4.78 is 10.7. The number of ether oxygens (including phenoxy) is 1. The number of carbonyl (C=O) groups is 1. The van der Waals surface area contributed by atoms with Crippen molar-refractivity contribution in [2.75, 3.05) is 71.4 Å². The molecule has 174 valence electrons. The Bertz CT molecular complexity index is 855. The number of benzene rings is 1. The highest BCUT2D eigenvalue weighted by atomic mass is 16.5. The van der Waals surface area contributed by atoms with Gasteiger partial charge in [0.2, 0.25) is 11.7 Å². The summed E-state index contributed by atoms with van der Waals surface area (Å²) in [5.74, 6) is 1.58. The van der Waals surface area contributed by atoms with Crippen molar-refractivity contribution in [3.05, 3.63) is 24.3 Å². The first-order chi connectivity index (χ1) is 15.6. The van der Waals surface area contributed by atoms with E-state index in [1.807, 2.05) is 24.3 Å². The molecule has 9 heteroatoms. The smallest absolute Gasteiger partial charge is 0.324 e. The molecule has 9 nitrogen and oxygen atoms in total. The number of aromatic nitrogens is 2. The van der Waals surface area contributed by atoms with Crippen LogP contribution in [0.3, 0.4) is 0 Å². The van der Waals surface area contributed by atoms with Crippen LogP contribution in [0.5, 0.6) is 5.75 Å². The summed E-state index contributed by atoms with van der Waals surface area (Å²) in [5.41, 5.74) is 0.881. The summed E-state index contributed by atoms with van der Waals surface area (Å²) in [7, 11) is 3.81. The van der Waals surface area contributed by atoms with Crippen LogP contribution >= 0.6 is 0 Å². The van der Waals surface area contributed by atoms with E-state index in [4.69, 9.17) is 9.26 Å². The van der Waals surface area contributed by atoms with Crippen LogP contribution in [-0.4, -0.2) is 92.4 Å². The van der Waals surface area contributed by atoms with Gasteiger partial charge in [-0.25, -0.2) is 0 Å². The standard InChI is InChI=1S/C23H34N6O3/c1-27-14-16-28(17-15-27)11-3-10-24-22(30)19-8-12-29(13-9-19)23-25-21(26-32-23)18-4-6-20(31-2)7-5-18/h4-7,19H,3,8-17H2,1-2H3,(H,24,30). The molecule has 0 unspecified atom stereocenters. The predicted octanol–water partition coefficient (Wildman–Crippen LogP) is 1.72. The van der Waals surface area contributed by atoms with E-state index in [-0.39, 0.29) is 11.8 Å². The molecule has 2 fully saturated rings. The van der Waals surface area contributed by atoms with Gasteiger partial charge in [-0.1, -0.05) is 5.16 Å². The maximum Gasteiger partial charge on any atom is 0.324 e. The number of methoxy groups -OCH3 is 1. The Morgan fingerprint density at radius 1 is 1.12 bits per heavy atom. The number of likely N-dealkylation sites (N-methyl/N-ethyl adjacent to an activating group) is 1. The fourth-order valence-electron chi connectivity index (χ4n) is 4.26. The highest BCUT2D eigenvalue weighted by molar-refractivity contribution is 5.78. The summed E-state index contributed by atoms with van der Waals surface area (Å²) in [5, 5.41) is 7.24. The Morgan fingerprint density at radius 2 is 1.84 bits per heavy atom. The lowest BCUT2D eigenvalue weighted by atomic mass is 9.96. The average molecular weight is 443 g/mol. The molecular weight excluding hydrogens is 408 g/mol. The fourth-order valence-corrected chi connectivity index (χ4v) is 4.26. The van der Waals surface area contributed by atoms with E-state index in [1.54, 1.807) is 7.11 Å². The largest absolute Gasteiger partial charge is 0.497 e. The van der Waals surface area contributed by atoms with Gasteiger partial charge in [-0.2, -0.15) is 4.98 Å². The second kappa shape index (κ2) is 10.8. The Hall–Kier alpha value is -2.65. The molecule has 1 N–H and O–H groups in total. The quantitative estimate of drug-likeness (QED) is 0.619. The number of nitrogens with zero attached hydrogens (tertiary/aromatic N) is 5. The Labute approximate surface area is 189 Å². The van der Waals surface area contributed by atoms with Crippen molar-refractivity contribution in [1.82, 2.24) is 25.3 Å². The summed E-state index contributed by atoms with van der Waals surface area (Å²) in [6.45, 7) is 7.80. The van der Waals surface area contributed by atoms with Crippen molar-refractivity contribution in [1.29, 1.82) is 0 Å². The number of piperidine rings is 1. The Kier molecular flexibility index (Phi) is 7.59. The van der Waals surface area contributed by atoms with Crippen LogP contribution < -0.4 is 15.0 Å². The molecule has 1 aromatic heterocycles. The van der Waals surface area contributed by atoms with E-state index in [0.717, 1.165) is 82.9 Å². The molecule has 1 aromatic carbocycles. The van der Waals surface area contributed by atoms with E-state index in [9.17, 15) is 4.79 Å². The first-order valence-corrected chi connectivity index (χ1v) is 11.5. The Balaban J connectivity index is 1.18. The second-order valence-corrected chi connectivity index (χ2v) is 8.68. The van der Waals surface area contributed by atoms with Gasteiger partial charge in [0, 0.05) is 57.3 Å². The topological polar surface area (TPSA) is 87.0 Å². The number of piperazine rings is 1. The molecule has 2 aliphatic heterocycles. The van der Waals surface area contributed by atoms with Gasteiger partial charge in [-0.05, 0) is 57.1 Å². The number of anilines is 1. The zero-order chi connectivity index (χ0) is 22.3. The van der Waals surface area contributed by atoms with Crippen LogP contribution in [0, 0.1) is 5.92 Å². The van der Waals surface area contributed by atoms with E-state index in [0.29, 0.717) is 11.8 Å². The van der Waals surface area contributed by atoms with E-state index in [1.165, 1.54) is 0 Å². The van der Waals surface area contributed by atoms with Crippen LogP contribution in [0.2, 0.25) is 0 Å². The highest BCUT2D eigenvalue weighted by Crippen LogP contribution is 2.25. The average Bonchev–Trinajstić information content (AvgIpc) is 3.33. The molecular formula is C23H34N6O3. The van der Waals surface area contributed by atoms with Crippen LogP contribution in [0.4, 0.5) is 6.01 Å². The monoisotopic (exact) mass is 442 g/mol. The zero-order valence-corrected chi connectivity index (χ0v) is 19.1. The van der Waals surface area contributed by atoms with Gasteiger partial charge < -0.3 is 29.3 Å². The molecule has 0 radical (unpaired) electrons. The van der Waals surface area contributed by atoms with Crippen molar-refractivity contribution in [2.45, 2.75) is 19.3 Å². The number of nitrogens with one attached hydrogen (secondary N) is 1. The number of carbonyl (C=O) groups excluding carboxylic acids is 1. The summed E-state index contributed by atoms with van der Waals surface area (Å²) >= 11 is 0. The van der Waals surface area contributed by atoms with Crippen molar-refractivity contribution in [3.8, 4) is 17.1 Å². The normalized spacial score (nSPS) is 18.6. The van der Waals surface area contributed by atoms with Gasteiger partial charge in [-0.15, -0.1) is 0 Å². The number of hydrogen-bond acceptors (Lipinski definition) is 8. The molecule has 0 atom stereocenters.